The van der Waals surface area contributed by atoms with Gasteiger partial charge in [0.05, 0.1) is 12.0 Å². The van der Waals surface area contributed by atoms with Crippen molar-refractivity contribution in [2.75, 3.05) is 40.8 Å². The Kier molecular flexibility index (Phi) is 6.87. The van der Waals surface area contributed by atoms with E-state index >= 15 is 0 Å². The zero-order valence-electron chi connectivity index (χ0n) is 11.8. The lowest BCUT2D eigenvalue weighted by molar-refractivity contribution is -0.137. The molecule has 0 saturated heterocycles. The number of carbonyl (C=O) groups is 1. The third kappa shape index (κ3) is 8.11. The van der Waals surface area contributed by atoms with Gasteiger partial charge in [0, 0.05) is 26.7 Å². The average molecular weight is 297 g/mol. The molecule has 0 saturated carbocycles. The third-order valence-corrected chi connectivity index (χ3v) is 3.86. The summed E-state index contributed by atoms with van der Waals surface area (Å²) in [5, 5.41) is 18.5. The minimum absolute atomic E-state index is 0.125. The Hall–Kier alpha value is -0.740. The number of hydrogen-bond acceptors (Lipinski definition) is 5. The second-order valence-corrected chi connectivity index (χ2v) is 6.89. The number of likely N-dealkylation sites (N-methyl/N-ethyl adjacent to an activating group) is 1. The average Bonchev–Trinajstić information content (AvgIpc) is 2.21. The molecule has 0 spiro atoms. The van der Waals surface area contributed by atoms with Gasteiger partial charge in [-0.05, 0) is 21.0 Å². The van der Waals surface area contributed by atoms with Gasteiger partial charge in [0.25, 0.3) is 10.2 Å². The van der Waals surface area contributed by atoms with Gasteiger partial charge in [-0.25, -0.2) is 0 Å². The van der Waals surface area contributed by atoms with Crippen LogP contribution >= 0.6 is 0 Å². The molecule has 0 bridgehead atoms. The number of nitrogens with zero attached hydrogens (tertiary/aromatic N) is 2. The van der Waals surface area contributed by atoms with Crippen molar-refractivity contribution in [1.29, 1.82) is 0 Å². The van der Waals surface area contributed by atoms with E-state index in [0.29, 0.717) is 6.54 Å². The number of rotatable bonds is 9. The monoisotopic (exact) mass is 297 g/mol. The summed E-state index contributed by atoms with van der Waals surface area (Å²) in [5.41, 5.74) is -1.20. The first-order chi connectivity index (χ1) is 8.46. The van der Waals surface area contributed by atoms with Gasteiger partial charge in [-0.2, -0.15) is 17.4 Å². The molecule has 19 heavy (non-hydrogen) atoms. The molecular weight excluding hydrogens is 274 g/mol. The number of hydrogen-bond donors (Lipinski definition) is 3. The predicted octanol–water partition coefficient (Wildman–Crippen LogP) is -1.46. The van der Waals surface area contributed by atoms with E-state index in [2.05, 4.69) is 4.72 Å². The van der Waals surface area contributed by atoms with Crippen LogP contribution in [0.2, 0.25) is 0 Å². The first-order valence-electron chi connectivity index (χ1n) is 5.76. The normalized spacial score (nSPS) is 15.7. The van der Waals surface area contributed by atoms with E-state index in [1.807, 2.05) is 0 Å². The van der Waals surface area contributed by atoms with Crippen molar-refractivity contribution in [3.05, 3.63) is 0 Å². The fourth-order valence-electron chi connectivity index (χ4n) is 1.47. The molecule has 0 aliphatic carbocycles. The van der Waals surface area contributed by atoms with Crippen molar-refractivity contribution in [1.82, 2.24) is 13.9 Å². The summed E-state index contributed by atoms with van der Waals surface area (Å²) in [5.74, 6) is -1.07. The molecule has 114 valence electrons. The lowest BCUT2D eigenvalue weighted by atomic mass is 10.1. The standard InChI is InChI=1S/C10H23N3O5S/c1-10(16,8-12(2)3)7-11-19(17,18)13(4)6-5-9(14)15/h11,16H,5-8H2,1-4H3,(H,14,15). The minimum Gasteiger partial charge on any atom is -0.481 e. The predicted molar refractivity (Wildman–Crippen MR) is 71.0 cm³/mol. The summed E-state index contributed by atoms with van der Waals surface area (Å²) in [6.45, 7) is 1.55. The molecule has 0 aromatic rings. The molecule has 0 aliphatic rings. The lowest BCUT2D eigenvalue weighted by Gasteiger charge is -2.28. The maximum Gasteiger partial charge on any atom is 0.304 e. The largest absolute Gasteiger partial charge is 0.481 e. The number of aliphatic hydroxyl groups is 1. The molecule has 0 rings (SSSR count). The Morgan fingerprint density at radius 2 is 1.84 bits per heavy atom. The van der Waals surface area contributed by atoms with Crippen LogP contribution in [0, 0.1) is 0 Å². The molecule has 0 amide bonds. The van der Waals surface area contributed by atoms with E-state index in [1.165, 1.54) is 14.0 Å². The maximum atomic E-state index is 11.8. The molecule has 0 aromatic heterocycles. The van der Waals surface area contributed by atoms with Gasteiger partial charge >= 0.3 is 5.97 Å². The first kappa shape index (κ1) is 18.3. The highest BCUT2D eigenvalue weighted by molar-refractivity contribution is 7.87. The Morgan fingerprint density at radius 1 is 1.32 bits per heavy atom. The molecule has 0 aromatic carbocycles. The number of carboxylic acids is 1. The van der Waals surface area contributed by atoms with Gasteiger partial charge in [0.15, 0.2) is 0 Å². The fourth-order valence-corrected chi connectivity index (χ4v) is 2.51. The van der Waals surface area contributed by atoms with Crippen molar-refractivity contribution in [2.45, 2.75) is 18.9 Å². The summed E-state index contributed by atoms with van der Waals surface area (Å²) >= 11 is 0. The second-order valence-electron chi connectivity index (χ2n) is 5.03. The van der Waals surface area contributed by atoms with Crippen molar-refractivity contribution >= 4 is 16.2 Å². The zero-order chi connectivity index (χ0) is 15.3. The van der Waals surface area contributed by atoms with Crippen LogP contribution in [0.4, 0.5) is 0 Å². The molecule has 8 nitrogen and oxygen atoms in total. The van der Waals surface area contributed by atoms with E-state index in [0.717, 1.165) is 4.31 Å². The quantitative estimate of drug-likeness (QED) is 0.480. The van der Waals surface area contributed by atoms with Crippen LogP contribution in [0.25, 0.3) is 0 Å². The molecular formula is C10H23N3O5S. The van der Waals surface area contributed by atoms with Crippen LogP contribution in [0.3, 0.4) is 0 Å². The van der Waals surface area contributed by atoms with Gasteiger partial charge in [0.1, 0.15) is 0 Å². The molecule has 0 fully saturated rings. The highest BCUT2D eigenvalue weighted by Crippen LogP contribution is 2.05. The molecule has 1 unspecified atom stereocenters. The van der Waals surface area contributed by atoms with E-state index in [9.17, 15) is 18.3 Å². The summed E-state index contributed by atoms with van der Waals surface area (Å²) < 4.78 is 26.7. The molecule has 1 atom stereocenters. The molecule has 0 heterocycles. The van der Waals surface area contributed by atoms with Crippen LogP contribution < -0.4 is 4.72 Å². The van der Waals surface area contributed by atoms with E-state index in [-0.39, 0.29) is 19.5 Å². The van der Waals surface area contributed by atoms with Crippen LogP contribution in [0.15, 0.2) is 0 Å². The Labute approximate surface area is 114 Å². The number of aliphatic carboxylic acids is 1. The number of nitrogens with one attached hydrogen (secondary N) is 1. The van der Waals surface area contributed by atoms with Crippen molar-refractivity contribution < 1.29 is 23.4 Å². The highest BCUT2D eigenvalue weighted by atomic mass is 32.2. The second kappa shape index (κ2) is 7.15. The van der Waals surface area contributed by atoms with Crippen molar-refractivity contribution in [3.8, 4) is 0 Å². The summed E-state index contributed by atoms with van der Waals surface area (Å²) in [7, 11) is 1.03. The van der Waals surface area contributed by atoms with Crippen molar-refractivity contribution in [2.24, 2.45) is 0 Å². The van der Waals surface area contributed by atoms with E-state index in [1.54, 1.807) is 19.0 Å². The fraction of sp³-hybridized carbons (Fsp3) is 0.900. The Balaban J connectivity index is 4.41. The van der Waals surface area contributed by atoms with Gasteiger partial charge in [-0.15, -0.1) is 0 Å². The van der Waals surface area contributed by atoms with Crippen LogP contribution in [0.1, 0.15) is 13.3 Å². The smallest absolute Gasteiger partial charge is 0.304 e. The van der Waals surface area contributed by atoms with Gasteiger partial charge in [-0.1, -0.05) is 0 Å². The minimum atomic E-state index is -3.78. The zero-order valence-corrected chi connectivity index (χ0v) is 12.6. The summed E-state index contributed by atoms with van der Waals surface area (Å²) in [6, 6.07) is 0. The topological polar surface area (TPSA) is 110 Å². The van der Waals surface area contributed by atoms with E-state index < -0.39 is 21.8 Å². The Bertz CT molecular complexity index is 394. The summed E-state index contributed by atoms with van der Waals surface area (Å²) in [4.78, 5) is 12.1. The maximum absolute atomic E-state index is 11.8. The SMILES string of the molecule is CN(C)CC(C)(O)CNS(=O)(=O)N(C)CCC(=O)O. The Morgan fingerprint density at radius 3 is 2.26 bits per heavy atom. The summed E-state index contributed by atoms with van der Waals surface area (Å²) in [6.07, 6.45) is -0.272. The third-order valence-electron chi connectivity index (χ3n) is 2.34. The highest BCUT2D eigenvalue weighted by Gasteiger charge is 2.26. The molecule has 0 radical (unpaired) electrons. The van der Waals surface area contributed by atoms with Crippen LogP contribution in [-0.2, 0) is 15.0 Å². The first-order valence-corrected chi connectivity index (χ1v) is 7.20. The molecule has 3 N–H and O–H groups in total. The van der Waals surface area contributed by atoms with E-state index in [4.69, 9.17) is 5.11 Å². The molecule has 0 aliphatic heterocycles. The van der Waals surface area contributed by atoms with Crippen LogP contribution in [-0.4, -0.2) is 80.2 Å². The van der Waals surface area contributed by atoms with Gasteiger partial charge in [0.2, 0.25) is 0 Å². The van der Waals surface area contributed by atoms with Gasteiger partial charge < -0.3 is 15.1 Å². The lowest BCUT2D eigenvalue weighted by Crippen LogP contribution is -2.50. The van der Waals surface area contributed by atoms with Crippen molar-refractivity contribution in [3.63, 3.8) is 0 Å². The van der Waals surface area contributed by atoms with Crippen LogP contribution in [0.5, 0.6) is 0 Å². The molecule has 9 heteroatoms. The van der Waals surface area contributed by atoms with Gasteiger partial charge in [-0.3, -0.25) is 4.79 Å². The number of carboxylic acid groups (broad SMARTS) is 1.